The number of amides is 2. The van der Waals surface area contributed by atoms with Gasteiger partial charge >= 0.3 is 5.97 Å². The number of hydrogen-bond donors (Lipinski definition) is 3. The molecule has 130 valence electrons. The van der Waals surface area contributed by atoms with Crippen LogP contribution in [0, 0.1) is 6.92 Å². The summed E-state index contributed by atoms with van der Waals surface area (Å²) in [4.78, 5) is 35.2. The molecule has 25 heavy (non-hydrogen) atoms. The molecule has 0 saturated heterocycles. The van der Waals surface area contributed by atoms with Crippen LogP contribution in [0.4, 0.5) is 0 Å². The van der Waals surface area contributed by atoms with Gasteiger partial charge in [-0.15, -0.1) is 0 Å². The van der Waals surface area contributed by atoms with Gasteiger partial charge < -0.3 is 15.7 Å². The van der Waals surface area contributed by atoms with E-state index in [4.69, 9.17) is 0 Å². The third-order valence-electron chi connectivity index (χ3n) is 3.60. The van der Waals surface area contributed by atoms with Crippen LogP contribution in [0.2, 0.25) is 0 Å². The zero-order valence-electron chi connectivity index (χ0n) is 13.9. The van der Waals surface area contributed by atoms with Crippen molar-refractivity contribution < 1.29 is 19.5 Å². The average Bonchev–Trinajstić information content (AvgIpc) is 2.60. The third-order valence-corrected chi connectivity index (χ3v) is 3.60. The Labute approximate surface area is 145 Å². The number of rotatable bonds is 7. The van der Waals surface area contributed by atoms with Gasteiger partial charge in [0.15, 0.2) is 0 Å². The van der Waals surface area contributed by atoms with E-state index in [1.165, 1.54) is 0 Å². The van der Waals surface area contributed by atoms with Gasteiger partial charge in [-0.1, -0.05) is 48.0 Å². The number of carboxylic acid groups (broad SMARTS) is 1. The lowest BCUT2D eigenvalue weighted by molar-refractivity contribution is -0.141. The molecule has 0 radical (unpaired) electrons. The van der Waals surface area contributed by atoms with Crippen LogP contribution in [0.1, 0.15) is 21.5 Å². The van der Waals surface area contributed by atoms with Gasteiger partial charge in [0.1, 0.15) is 6.04 Å². The molecule has 2 rings (SSSR count). The minimum absolute atomic E-state index is 0.176. The monoisotopic (exact) mass is 340 g/mol. The SMILES string of the molecule is Cc1cccc(C[C@@H](NC(=O)CNC(=O)c2ccccc2)C(=O)O)c1. The van der Waals surface area contributed by atoms with Gasteiger partial charge in [0, 0.05) is 12.0 Å². The largest absolute Gasteiger partial charge is 0.480 e. The van der Waals surface area contributed by atoms with Crippen LogP contribution >= 0.6 is 0 Å². The van der Waals surface area contributed by atoms with Crippen molar-refractivity contribution in [2.45, 2.75) is 19.4 Å². The Hall–Kier alpha value is -3.15. The van der Waals surface area contributed by atoms with Crippen LogP contribution < -0.4 is 10.6 Å². The van der Waals surface area contributed by atoms with Gasteiger partial charge in [-0.3, -0.25) is 9.59 Å². The van der Waals surface area contributed by atoms with E-state index in [0.29, 0.717) is 5.56 Å². The molecule has 0 aliphatic carbocycles. The lowest BCUT2D eigenvalue weighted by Crippen LogP contribution is -2.46. The van der Waals surface area contributed by atoms with E-state index >= 15 is 0 Å². The van der Waals surface area contributed by atoms with Crippen molar-refractivity contribution in [2.75, 3.05) is 6.54 Å². The van der Waals surface area contributed by atoms with E-state index in [1.807, 2.05) is 31.2 Å². The van der Waals surface area contributed by atoms with Crippen LogP contribution in [-0.4, -0.2) is 35.5 Å². The molecule has 0 aliphatic heterocycles. The molecule has 0 heterocycles. The average molecular weight is 340 g/mol. The van der Waals surface area contributed by atoms with Crippen molar-refractivity contribution in [1.29, 1.82) is 0 Å². The molecule has 1 atom stereocenters. The quantitative estimate of drug-likeness (QED) is 0.712. The molecule has 0 saturated carbocycles. The molecule has 0 unspecified atom stereocenters. The molecule has 0 aromatic heterocycles. The third kappa shape index (κ3) is 5.76. The minimum atomic E-state index is -1.12. The summed E-state index contributed by atoms with van der Waals surface area (Å²) in [6, 6.07) is 14.9. The summed E-state index contributed by atoms with van der Waals surface area (Å²) < 4.78 is 0. The predicted molar refractivity (Wildman–Crippen MR) is 93.2 cm³/mol. The summed E-state index contributed by atoms with van der Waals surface area (Å²) in [5.41, 5.74) is 2.27. The number of carboxylic acids is 1. The summed E-state index contributed by atoms with van der Waals surface area (Å²) in [7, 11) is 0. The second-order valence-electron chi connectivity index (χ2n) is 5.70. The van der Waals surface area contributed by atoms with Crippen molar-refractivity contribution in [3.63, 3.8) is 0 Å². The zero-order chi connectivity index (χ0) is 18.2. The Balaban J connectivity index is 1.89. The number of carbonyl (C=O) groups is 3. The lowest BCUT2D eigenvalue weighted by Gasteiger charge is -2.15. The Morgan fingerprint density at radius 3 is 2.40 bits per heavy atom. The van der Waals surface area contributed by atoms with E-state index in [2.05, 4.69) is 10.6 Å². The molecular weight excluding hydrogens is 320 g/mol. The molecule has 2 amide bonds. The minimum Gasteiger partial charge on any atom is -0.480 e. The summed E-state index contributed by atoms with van der Waals surface area (Å²) in [6.45, 7) is 1.63. The van der Waals surface area contributed by atoms with E-state index < -0.39 is 17.9 Å². The van der Waals surface area contributed by atoms with Crippen molar-refractivity contribution in [3.05, 3.63) is 71.3 Å². The standard InChI is InChI=1S/C19H20N2O4/c1-13-6-5-7-14(10-13)11-16(19(24)25)21-17(22)12-20-18(23)15-8-3-2-4-9-15/h2-10,16H,11-12H2,1H3,(H,20,23)(H,21,22)(H,24,25)/t16-/m1/s1. The second-order valence-corrected chi connectivity index (χ2v) is 5.70. The summed E-state index contributed by atoms with van der Waals surface area (Å²) in [5.74, 6) is -2.06. The fourth-order valence-corrected chi connectivity index (χ4v) is 2.37. The van der Waals surface area contributed by atoms with Crippen LogP contribution in [-0.2, 0) is 16.0 Å². The van der Waals surface area contributed by atoms with Crippen molar-refractivity contribution in [3.8, 4) is 0 Å². The van der Waals surface area contributed by atoms with E-state index in [1.54, 1.807) is 30.3 Å². The molecule has 0 fully saturated rings. The molecule has 2 aromatic rings. The number of aryl methyl sites for hydroxylation is 1. The fraction of sp³-hybridized carbons (Fsp3) is 0.211. The molecule has 6 heteroatoms. The molecule has 6 nitrogen and oxygen atoms in total. The number of benzene rings is 2. The number of carbonyl (C=O) groups excluding carboxylic acids is 2. The first-order valence-electron chi connectivity index (χ1n) is 7.86. The Morgan fingerprint density at radius 2 is 1.76 bits per heavy atom. The van der Waals surface area contributed by atoms with Crippen LogP contribution in [0.3, 0.4) is 0 Å². The Bertz CT molecular complexity index is 759. The molecule has 2 aromatic carbocycles. The zero-order valence-corrected chi connectivity index (χ0v) is 13.9. The highest BCUT2D eigenvalue weighted by Crippen LogP contribution is 2.07. The highest BCUT2D eigenvalue weighted by molar-refractivity contribution is 5.96. The number of aliphatic carboxylic acids is 1. The topological polar surface area (TPSA) is 95.5 Å². The highest BCUT2D eigenvalue weighted by atomic mass is 16.4. The number of nitrogens with one attached hydrogen (secondary N) is 2. The van der Waals surface area contributed by atoms with Crippen molar-refractivity contribution in [2.24, 2.45) is 0 Å². The molecule has 0 aliphatic rings. The van der Waals surface area contributed by atoms with Gasteiger partial charge in [0.05, 0.1) is 6.54 Å². The normalized spacial score (nSPS) is 11.4. The number of hydrogen-bond acceptors (Lipinski definition) is 3. The molecule has 3 N–H and O–H groups in total. The fourth-order valence-electron chi connectivity index (χ4n) is 2.37. The first kappa shape index (κ1) is 18.2. The van der Waals surface area contributed by atoms with Crippen LogP contribution in [0.5, 0.6) is 0 Å². The molecular formula is C19H20N2O4. The smallest absolute Gasteiger partial charge is 0.326 e. The molecule has 0 bridgehead atoms. The summed E-state index contributed by atoms with van der Waals surface area (Å²) in [5, 5.41) is 14.2. The Kier molecular flexibility index (Phi) is 6.28. The van der Waals surface area contributed by atoms with E-state index in [-0.39, 0.29) is 18.9 Å². The van der Waals surface area contributed by atoms with E-state index in [9.17, 15) is 19.5 Å². The molecule has 0 spiro atoms. The predicted octanol–water partition coefficient (Wildman–Crippen LogP) is 1.54. The maximum Gasteiger partial charge on any atom is 0.326 e. The van der Waals surface area contributed by atoms with Crippen LogP contribution in [0.15, 0.2) is 54.6 Å². The first-order valence-corrected chi connectivity index (χ1v) is 7.86. The van der Waals surface area contributed by atoms with Crippen molar-refractivity contribution in [1.82, 2.24) is 10.6 Å². The second kappa shape index (κ2) is 8.63. The van der Waals surface area contributed by atoms with Gasteiger partial charge in [0.25, 0.3) is 5.91 Å². The van der Waals surface area contributed by atoms with Gasteiger partial charge in [-0.05, 0) is 24.6 Å². The van der Waals surface area contributed by atoms with Gasteiger partial charge in [-0.2, -0.15) is 0 Å². The maximum atomic E-state index is 12.0. The summed E-state index contributed by atoms with van der Waals surface area (Å²) in [6.07, 6.45) is 0.176. The van der Waals surface area contributed by atoms with Crippen LogP contribution in [0.25, 0.3) is 0 Å². The van der Waals surface area contributed by atoms with E-state index in [0.717, 1.165) is 11.1 Å². The lowest BCUT2D eigenvalue weighted by atomic mass is 10.0. The maximum absolute atomic E-state index is 12.0. The Morgan fingerprint density at radius 1 is 1.04 bits per heavy atom. The van der Waals surface area contributed by atoms with Crippen molar-refractivity contribution >= 4 is 17.8 Å². The van der Waals surface area contributed by atoms with Gasteiger partial charge in [-0.25, -0.2) is 4.79 Å². The highest BCUT2D eigenvalue weighted by Gasteiger charge is 2.20. The van der Waals surface area contributed by atoms with Gasteiger partial charge in [0.2, 0.25) is 5.91 Å². The summed E-state index contributed by atoms with van der Waals surface area (Å²) >= 11 is 0. The first-order chi connectivity index (χ1) is 12.0.